The Morgan fingerprint density at radius 3 is 2.52 bits per heavy atom. The summed E-state index contributed by atoms with van der Waals surface area (Å²) in [5.74, 6) is -1.58. The molecule has 1 unspecified atom stereocenters. The lowest BCUT2D eigenvalue weighted by Gasteiger charge is -2.18. The Bertz CT molecular complexity index is 1850. The highest BCUT2D eigenvalue weighted by atomic mass is 19.4. The molecule has 0 saturated carbocycles. The number of nitrogens with one attached hydrogen (secondary N) is 1. The molecule has 4 heterocycles. The summed E-state index contributed by atoms with van der Waals surface area (Å²) in [6.07, 6.45) is 1.07. The average molecular weight is 607 g/mol. The van der Waals surface area contributed by atoms with Crippen molar-refractivity contribution in [3.63, 3.8) is 0 Å². The molecule has 1 aliphatic heterocycles. The number of hydrogen-bond donors (Lipinski definition) is 1. The minimum atomic E-state index is -4.50. The van der Waals surface area contributed by atoms with Crippen LogP contribution in [0, 0.1) is 11.7 Å². The zero-order chi connectivity index (χ0) is 31.2. The number of carbonyl (C=O) groups is 2. The van der Waals surface area contributed by atoms with Crippen LogP contribution >= 0.6 is 0 Å². The summed E-state index contributed by atoms with van der Waals surface area (Å²) >= 11 is 0. The molecule has 0 aliphatic carbocycles. The minimum Gasteiger partial charge on any atom is -0.329 e. The Hall–Kier alpha value is -4.74. The lowest BCUT2D eigenvalue weighted by Crippen LogP contribution is -2.42. The molecule has 0 radical (unpaired) electrons. The number of alkyl halides is 3. The largest absolute Gasteiger partial charge is 0.405 e. The number of aromatic nitrogens is 4. The van der Waals surface area contributed by atoms with Crippen molar-refractivity contribution in [3.05, 3.63) is 90.3 Å². The van der Waals surface area contributed by atoms with Gasteiger partial charge in [-0.2, -0.15) is 13.2 Å². The monoisotopic (exact) mass is 606 g/mol. The van der Waals surface area contributed by atoms with Crippen molar-refractivity contribution in [3.8, 4) is 11.1 Å². The van der Waals surface area contributed by atoms with Crippen molar-refractivity contribution in [2.45, 2.75) is 38.3 Å². The van der Waals surface area contributed by atoms with Crippen molar-refractivity contribution in [2.24, 2.45) is 5.92 Å². The molecule has 2 aromatic carbocycles. The Balaban J connectivity index is 1.29. The maximum atomic E-state index is 15.1. The van der Waals surface area contributed by atoms with Crippen molar-refractivity contribution in [1.82, 2.24) is 29.2 Å². The average Bonchev–Trinajstić information content (AvgIpc) is 3.75. The predicted octanol–water partition coefficient (Wildman–Crippen LogP) is 6.63. The van der Waals surface area contributed by atoms with Crippen molar-refractivity contribution < 1.29 is 27.2 Å². The molecule has 3 aromatic heterocycles. The van der Waals surface area contributed by atoms with Gasteiger partial charge >= 0.3 is 12.2 Å². The summed E-state index contributed by atoms with van der Waals surface area (Å²) in [5.41, 5.74) is 4.05. The SMILES string of the molecule is CC[C@@H]1CN(C(=O)NCC(F)(F)F)C[C@@H]1c1cnc2cnc3c(ccn3C(=O)C(C)c3ccc(-c4ccccc4)c(F)c3)n12. The zero-order valence-electron chi connectivity index (χ0n) is 24.1. The van der Waals surface area contributed by atoms with Crippen LogP contribution in [-0.2, 0) is 0 Å². The van der Waals surface area contributed by atoms with Crippen molar-refractivity contribution in [1.29, 1.82) is 0 Å². The van der Waals surface area contributed by atoms with Gasteiger partial charge in [0.15, 0.2) is 11.3 Å². The summed E-state index contributed by atoms with van der Waals surface area (Å²) in [5, 5.41) is 1.96. The molecule has 44 heavy (non-hydrogen) atoms. The van der Waals surface area contributed by atoms with Gasteiger partial charge in [-0.15, -0.1) is 0 Å². The Labute approximate surface area is 250 Å². The van der Waals surface area contributed by atoms with E-state index in [9.17, 15) is 22.8 Å². The van der Waals surface area contributed by atoms with E-state index in [0.717, 1.165) is 11.3 Å². The van der Waals surface area contributed by atoms with E-state index in [1.165, 1.54) is 15.5 Å². The molecule has 3 atom stereocenters. The molecular formula is C32H30F4N6O2. The van der Waals surface area contributed by atoms with Crippen molar-refractivity contribution in [2.75, 3.05) is 19.6 Å². The maximum Gasteiger partial charge on any atom is 0.405 e. The van der Waals surface area contributed by atoms with Crippen LogP contribution in [0.15, 0.2) is 73.2 Å². The van der Waals surface area contributed by atoms with Gasteiger partial charge in [0, 0.05) is 42.7 Å². The third-order valence-corrected chi connectivity index (χ3v) is 8.46. The van der Waals surface area contributed by atoms with Crippen LogP contribution in [0.5, 0.6) is 0 Å². The van der Waals surface area contributed by atoms with E-state index < -0.39 is 30.5 Å². The van der Waals surface area contributed by atoms with Gasteiger partial charge in [0.05, 0.1) is 17.6 Å². The third kappa shape index (κ3) is 5.40. The van der Waals surface area contributed by atoms with Crippen LogP contribution in [0.3, 0.4) is 0 Å². The number of fused-ring (bicyclic) bond motifs is 3. The maximum absolute atomic E-state index is 15.1. The van der Waals surface area contributed by atoms with Gasteiger partial charge in [-0.1, -0.05) is 55.8 Å². The first kappa shape index (κ1) is 29.3. The number of likely N-dealkylation sites (tertiary alicyclic amines) is 1. The number of urea groups is 1. The molecule has 2 amide bonds. The molecule has 1 N–H and O–H groups in total. The summed E-state index contributed by atoms with van der Waals surface area (Å²) in [6, 6.07) is 15.0. The van der Waals surface area contributed by atoms with E-state index in [1.54, 1.807) is 43.7 Å². The number of rotatable bonds is 6. The van der Waals surface area contributed by atoms with Gasteiger partial charge < -0.3 is 10.2 Å². The van der Waals surface area contributed by atoms with Crippen LogP contribution in [0.25, 0.3) is 27.9 Å². The Morgan fingerprint density at radius 2 is 1.82 bits per heavy atom. The van der Waals surface area contributed by atoms with Gasteiger partial charge in [0.1, 0.15) is 12.4 Å². The van der Waals surface area contributed by atoms with E-state index in [-0.39, 0.29) is 24.3 Å². The summed E-state index contributed by atoms with van der Waals surface area (Å²) in [4.78, 5) is 36.6. The number of imidazole rings is 1. The quantitative estimate of drug-likeness (QED) is 0.220. The second-order valence-electron chi connectivity index (χ2n) is 11.1. The fourth-order valence-corrected chi connectivity index (χ4v) is 6.09. The molecular weight excluding hydrogens is 576 g/mol. The molecule has 5 aromatic rings. The number of hydrogen-bond acceptors (Lipinski definition) is 4. The van der Waals surface area contributed by atoms with E-state index in [4.69, 9.17) is 0 Å². The third-order valence-electron chi connectivity index (χ3n) is 8.46. The van der Waals surface area contributed by atoms with Crippen LogP contribution in [0.4, 0.5) is 22.4 Å². The summed E-state index contributed by atoms with van der Waals surface area (Å²) in [7, 11) is 0. The fraction of sp³-hybridized carbons (Fsp3) is 0.312. The van der Waals surface area contributed by atoms with E-state index in [0.29, 0.717) is 40.9 Å². The normalized spacial score (nSPS) is 17.8. The highest BCUT2D eigenvalue weighted by molar-refractivity contribution is 5.93. The first-order chi connectivity index (χ1) is 21.1. The second-order valence-corrected chi connectivity index (χ2v) is 11.1. The van der Waals surface area contributed by atoms with Gasteiger partial charge in [-0.05, 0) is 36.1 Å². The van der Waals surface area contributed by atoms with E-state index in [1.807, 2.05) is 47.0 Å². The number of amides is 2. The first-order valence-electron chi connectivity index (χ1n) is 14.4. The van der Waals surface area contributed by atoms with Crippen LogP contribution < -0.4 is 5.32 Å². The molecule has 0 spiro atoms. The lowest BCUT2D eigenvalue weighted by molar-refractivity contribution is -0.123. The molecule has 8 nitrogen and oxygen atoms in total. The summed E-state index contributed by atoms with van der Waals surface area (Å²) in [6.45, 7) is 2.83. The van der Waals surface area contributed by atoms with Gasteiger partial charge in [0.2, 0.25) is 5.91 Å². The number of nitrogens with zero attached hydrogens (tertiary/aromatic N) is 5. The Kier molecular flexibility index (Phi) is 7.60. The van der Waals surface area contributed by atoms with E-state index in [2.05, 4.69) is 9.97 Å². The first-order valence-corrected chi connectivity index (χ1v) is 14.4. The van der Waals surface area contributed by atoms with Gasteiger partial charge in [-0.3, -0.25) is 13.8 Å². The smallest absolute Gasteiger partial charge is 0.329 e. The van der Waals surface area contributed by atoms with Crippen molar-refractivity contribution >= 4 is 28.7 Å². The number of carbonyl (C=O) groups excluding carboxylic acids is 2. The highest BCUT2D eigenvalue weighted by Crippen LogP contribution is 2.36. The molecule has 228 valence electrons. The van der Waals surface area contributed by atoms with Crippen LogP contribution in [-0.4, -0.2) is 61.6 Å². The second kappa shape index (κ2) is 11.4. The molecule has 1 fully saturated rings. The van der Waals surface area contributed by atoms with Crippen LogP contribution in [0.2, 0.25) is 0 Å². The number of benzene rings is 2. The Morgan fingerprint density at radius 1 is 1.05 bits per heavy atom. The number of halogens is 4. The van der Waals surface area contributed by atoms with Crippen LogP contribution in [0.1, 0.15) is 48.2 Å². The molecule has 6 rings (SSSR count). The molecule has 12 heteroatoms. The molecule has 0 bridgehead atoms. The minimum absolute atomic E-state index is 0.00718. The summed E-state index contributed by atoms with van der Waals surface area (Å²) < 4.78 is 56.5. The fourth-order valence-electron chi connectivity index (χ4n) is 6.09. The lowest BCUT2D eigenvalue weighted by atomic mass is 9.91. The molecule has 1 aliphatic rings. The molecule has 1 saturated heterocycles. The van der Waals surface area contributed by atoms with Gasteiger partial charge in [-0.25, -0.2) is 19.2 Å². The highest BCUT2D eigenvalue weighted by Gasteiger charge is 2.38. The topological polar surface area (TPSA) is 84.5 Å². The standard InChI is InChI=1S/C32H30F4N6O2/c1-3-20-16-40(31(44)39-18-32(34,35)36)17-24(20)27-14-37-28-15-38-29-26(42(27)28)11-12-41(29)30(43)19(2)22-9-10-23(25(33)13-22)21-7-5-4-6-8-21/h4-15,19-20,24H,3,16-18H2,1-2H3,(H,39,44)/t19?,20-,24+/m1/s1. The predicted molar refractivity (Wildman–Crippen MR) is 157 cm³/mol. The van der Waals surface area contributed by atoms with Gasteiger partial charge in [0.25, 0.3) is 0 Å². The zero-order valence-corrected chi connectivity index (χ0v) is 24.1. The van der Waals surface area contributed by atoms with E-state index >= 15 is 4.39 Å².